The van der Waals surface area contributed by atoms with E-state index in [-0.39, 0.29) is 0 Å². The van der Waals surface area contributed by atoms with Crippen LogP contribution >= 0.6 is 11.3 Å². The molecule has 0 atom stereocenters. The largest absolute Gasteiger partial charge is 0.309 e. The fourth-order valence-electron chi connectivity index (χ4n) is 9.45. The van der Waals surface area contributed by atoms with Gasteiger partial charge in [-0.3, -0.25) is 9.55 Å². The van der Waals surface area contributed by atoms with Gasteiger partial charge in [-0.05, 0) is 96.9 Å². The minimum Gasteiger partial charge on any atom is -0.309 e. The minimum atomic E-state index is 0.880. The molecule has 0 fully saturated rings. The van der Waals surface area contributed by atoms with E-state index in [1.54, 1.807) is 17.4 Å². The summed E-state index contributed by atoms with van der Waals surface area (Å²) in [4.78, 5) is 15.3. The van der Waals surface area contributed by atoms with Gasteiger partial charge >= 0.3 is 0 Å². The number of allylic oxidation sites excluding steroid dienone is 1. The maximum Gasteiger partial charge on any atom is 0.138 e. The number of para-hydroxylation sites is 2. The third-order valence-electron chi connectivity index (χ3n) is 12.4. The van der Waals surface area contributed by atoms with E-state index in [0.717, 1.165) is 89.4 Å². The molecular formula is C60H41N5S. The van der Waals surface area contributed by atoms with Crippen LogP contribution in [0, 0.1) is 0 Å². The number of hydrogen-bond acceptors (Lipinski definition) is 4. The Morgan fingerprint density at radius 1 is 0.409 bits per heavy atom. The van der Waals surface area contributed by atoms with Gasteiger partial charge in [-0.15, -0.1) is 17.9 Å². The van der Waals surface area contributed by atoms with Crippen LogP contribution in [0.5, 0.6) is 0 Å². The quantitative estimate of drug-likeness (QED) is 0.156. The average molecular weight is 864 g/mol. The molecule has 5 nitrogen and oxygen atoms in total. The van der Waals surface area contributed by atoms with Crippen molar-refractivity contribution in [2.45, 2.75) is 6.92 Å². The van der Waals surface area contributed by atoms with Gasteiger partial charge in [0.05, 0.1) is 55.1 Å². The van der Waals surface area contributed by atoms with Gasteiger partial charge in [-0.2, -0.15) is 0 Å². The molecule has 6 heterocycles. The number of hydrogen-bond donors (Lipinski definition) is 0. The first-order chi connectivity index (χ1) is 32.6. The number of aromatic nitrogens is 5. The molecule has 0 radical (unpaired) electrons. The summed E-state index contributed by atoms with van der Waals surface area (Å²) in [5.41, 5.74) is 15.0. The van der Waals surface area contributed by atoms with Crippen molar-refractivity contribution in [2.24, 2.45) is 0 Å². The Kier molecular flexibility index (Phi) is 9.66. The molecule has 0 aliphatic heterocycles. The molecule has 0 bridgehead atoms. The van der Waals surface area contributed by atoms with Crippen LogP contribution in [0.1, 0.15) is 6.92 Å². The van der Waals surface area contributed by atoms with Gasteiger partial charge in [0.1, 0.15) is 5.82 Å². The van der Waals surface area contributed by atoms with Crippen molar-refractivity contribution in [2.75, 3.05) is 0 Å². The molecule has 312 valence electrons. The fraction of sp³-hybridized carbons (Fsp3) is 0.0167. The Balaban J connectivity index is 0.00000148. The summed E-state index contributed by atoms with van der Waals surface area (Å²) >= 11 is 1.78. The van der Waals surface area contributed by atoms with Crippen molar-refractivity contribution in [3.05, 3.63) is 225 Å². The molecule has 0 saturated heterocycles. The Hall–Kier alpha value is -8.45. The molecule has 66 heavy (non-hydrogen) atoms. The van der Waals surface area contributed by atoms with Gasteiger partial charge in [0, 0.05) is 54.5 Å². The van der Waals surface area contributed by atoms with Crippen LogP contribution < -0.4 is 0 Å². The van der Waals surface area contributed by atoms with Crippen molar-refractivity contribution in [1.29, 1.82) is 0 Å². The first-order valence-corrected chi connectivity index (χ1v) is 23.0. The summed E-state index contributed by atoms with van der Waals surface area (Å²) in [7, 11) is 0. The molecular weight excluding hydrogens is 823 g/mol. The number of benzene rings is 7. The van der Waals surface area contributed by atoms with E-state index in [1.807, 2.05) is 19.2 Å². The lowest BCUT2D eigenvalue weighted by atomic mass is 10.0. The maximum atomic E-state index is 5.36. The van der Waals surface area contributed by atoms with Crippen molar-refractivity contribution < 1.29 is 0 Å². The highest BCUT2D eigenvalue weighted by Gasteiger charge is 2.19. The zero-order valence-corrected chi connectivity index (χ0v) is 37.0. The van der Waals surface area contributed by atoms with E-state index in [4.69, 9.17) is 15.0 Å². The summed E-state index contributed by atoms with van der Waals surface area (Å²) in [6, 6.07) is 73.6. The first kappa shape index (κ1) is 39.2. The van der Waals surface area contributed by atoms with Gasteiger partial charge in [0.25, 0.3) is 0 Å². The molecule has 0 N–H and O–H groups in total. The van der Waals surface area contributed by atoms with Crippen LogP contribution in [0.2, 0.25) is 0 Å². The van der Waals surface area contributed by atoms with Crippen LogP contribution in [0.3, 0.4) is 0 Å². The molecule has 6 heteroatoms. The molecule has 0 spiro atoms. The standard InChI is InChI=1S/C57H35N5S.C3H6/c1-3-13-36(14-4-1)48-34-41(35-49(59-48)37-15-5-2-6-16-37)61-50-20-9-8-18-43(50)45-31-38(25-28-52(45)61)39-24-27-44-42-17-7-10-21-51(42)62(53(44)33-39)56-23-11-19-47(60-56)40-26-29-54-46(32-40)57-55(63-54)22-12-30-58-57;1-3-2/h1-35H;3H,1H2,2H3. The third kappa shape index (κ3) is 6.66. The molecule has 0 aliphatic carbocycles. The maximum absolute atomic E-state index is 5.36. The highest BCUT2D eigenvalue weighted by molar-refractivity contribution is 7.25. The third-order valence-corrected chi connectivity index (χ3v) is 13.5. The van der Waals surface area contributed by atoms with Crippen LogP contribution in [-0.4, -0.2) is 24.1 Å². The molecule has 6 aromatic heterocycles. The fourth-order valence-corrected chi connectivity index (χ4v) is 10.5. The highest BCUT2D eigenvalue weighted by atomic mass is 32.1. The molecule has 0 saturated carbocycles. The Labute approximate surface area is 385 Å². The van der Waals surface area contributed by atoms with Crippen LogP contribution in [0.4, 0.5) is 0 Å². The molecule has 13 rings (SSSR count). The number of nitrogens with zero attached hydrogens (tertiary/aromatic N) is 5. The van der Waals surface area contributed by atoms with E-state index in [0.29, 0.717) is 0 Å². The van der Waals surface area contributed by atoms with Gasteiger partial charge in [0.2, 0.25) is 0 Å². The smallest absolute Gasteiger partial charge is 0.138 e. The molecule has 0 aliphatic rings. The predicted octanol–water partition coefficient (Wildman–Crippen LogP) is 16.3. The summed E-state index contributed by atoms with van der Waals surface area (Å²) in [5.74, 6) is 0.880. The van der Waals surface area contributed by atoms with Gasteiger partial charge in [-0.1, -0.05) is 133 Å². The topological polar surface area (TPSA) is 48.5 Å². The van der Waals surface area contributed by atoms with E-state index < -0.39 is 0 Å². The van der Waals surface area contributed by atoms with Crippen molar-refractivity contribution in [3.63, 3.8) is 0 Å². The highest BCUT2D eigenvalue weighted by Crippen LogP contribution is 2.40. The van der Waals surface area contributed by atoms with Crippen molar-refractivity contribution in [1.82, 2.24) is 24.1 Å². The molecule has 7 aromatic carbocycles. The second-order valence-corrected chi connectivity index (χ2v) is 17.5. The average Bonchev–Trinajstić information content (AvgIpc) is 4.04. The zero-order valence-electron chi connectivity index (χ0n) is 36.1. The second kappa shape index (κ2) is 16.3. The van der Waals surface area contributed by atoms with Gasteiger partial charge in [0.15, 0.2) is 0 Å². The molecule has 13 aromatic rings. The lowest BCUT2D eigenvalue weighted by molar-refractivity contribution is 1.08. The number of rotatable bonds is 6. The van der Waals surface area contributed by atoms with Crippen LogP contribution in [0.25, 0.3) is 120 Å². The van der Waals surface area contributed by atoms with E-state index in [2.05, 4.69) is 216 Å². The molecule has 0 amide bonds. The lowest BCUT2D eigenvalue weighted by Gasteiger charge is -2.13. The van der Waals surface area contributed by atoms with Crippen molar-refractivity contribution in [3.8, 4) is 56.4 Å². The predicted molar refractivity (Wildman–Crippen MR) is 279 cm³/mol. The van der Waals surface area contributed by atoms with Crippen LogP contribution in [0.15, 0.2) is 225 Å². The van der Waals surface area contributed by atoms with E-state index >= 15 is 0 Å². The van der Waals surface area contributed by atoms with Crippen LogP contribution in [-0.2, 0) is 0 Å². The number of thiophene rings is 1. The summed E-state index contributed by atoms with van der Waals surface area (Å²) < 4.78 is 7.14. The Morgan fingerprint density at radius 2 is 1.00 bits per heavy atom. The van der Waals surface area contributed by atoms with Gasteiger partial charge in [-0.25, -0.2) is 9.97 Å². The summed E-state index contributed by atoms with van der Waals surface area (Å²) in [6.45, 7) is 5.25. The zero-order chi connectivity index (χ0) is 44.1. The first-order valence-electron chi connectivity index (χ1n) is 22.2. The number of fused-ring (bicyclic) bond motifs is 9. The van der Waals surface area contributed by atoms with E-state index in [1.165, 1.54) is 30.9 Å². The minimum absolute atomic E-state index is 0.880. The normalized spacial score (nSPS) is 11.5. The SMILES string of the molecule is C=CC.c1ccc(-c2cc(-n3c4ccccc4c4cc(-c5ccc6c7ccccc7n(-c7cccc(-c8ccc9sc%10cccnc%10c9c8)n7)c6c5)ccc43)cc(-c3ccccc3)n2)cc1. The second-order valence-electron chi connectivity index (χ2n) is 16.4. The monoisotopic (exact) mass is 863 g/mol. The van der Waals surface area contributed by atoms with E-state index in [9.17, 15) is 0 Å². The Bertz CT molecular complexity index is 3910. The van der Waals surface area contributed by atoms with Crippen molar-refractivity contribution >= 4 is 75.3 Å². The summed E-state index contributed by atoms with van der Waals surface area (Å²) in [5, 5.41) is 5.95. The summed E-state index contributed by atoms with van der Waals surface area (Å²) in [6.07, 6.45) is 3.62. The van der Waals surface area contributed by atoms with Gasteiger partial charge < -0.3 is 4.57 Å². The number of pyridine rings is 3. The Morgan fingerprint density at radius 3 is 1.74 bits per heavy atom. The molecule has 0 unspecified atom stereocenters. The lowest BCUT2D eigenvalue weighted by Crippen LogP contribution is -1.98.